The van der Waals surface area contributed by atoms with Gasteiger partial charge in [-0.05, 0) is 36.8 Å². The van der Waals surface area contributed by atoms with Gasteiger partial charge in [0.25, 0.3) is 5.56 Å². The lowest BCUT2D eigenvalue weighted by Gasteiger charge is -2.16. The molecule has 0 aromatic carbocycles. The van der Waals surface area contributed by atoms with Crippen LogP contribution >= 0.6 is 22.7 Å². The lowest BCUT2D eigenvalue weighted by molar-refractivity contribution is 0.0473. The number of aryl methyl sites for hydroxylation is 1. The first-order valence-electron chi connectivity index (χ1n) is 7.84. The molecule has 0 unspecified atom stereocenters. The monoisotopic (exact) mass is 360 g/mol. The van der Waals surface area contributed by atoms with Crippen molar-refractivity contribution in [3.8, 4) is 0 Å². The molecule has 1 aliphatic rings. The van der Waals surface area contributed by atoms with Gasteiger partial charge in [0, 0.05) is 22.5 Å². The summed E-state index contributed by atoms with van der Waals surface area (Å²) in [6, 6.07) is 3.37. The summed E-state index contributed by atoms with van der Waals surface area (Å²) in [5.41, 5.74) is 1.60. The molecule has 24 heavy (non-hydrogen) atoms. The molecular formula is C17H16N2O3S2. The van der Waals surface area contributed by atoms with Crippen LogP contribution in [-0.2, 0) is 24.2 Å². The van der Waals surface area contributed by atoms with E-state index >= 15 is 0 Å². The molecule has 1 aliphatic carbocycles. The number of fused-ring (bicyclic) bond motifs is 2. The minimum atomic E-state index is -0.338. The van der Waals surface area contributed by atoms with Gasteiger partial charge in [0.05, 0.1) is 5.69 Å². The molecule has 0 amide bonds. The van der Waals surface area contributed by atoms with E-state index < -0.39 is 0 Å². The Morgan fingerprint density at radius 1 is 1.46 bits per heavy atom. The smallest absolute Gasteiger partial charge is 0.348 e. The maximum Gasteiger partial charge on any atom is 0.348 e. The summed E-state index contributed by atoms with van der Waals surface area (Å²) in [6.07, 6.45) is 4.94. The van der Waals surface area contributed by atoms with Crippen molar-refractivity contribution in [2.75, 3.05) is 0 Å². The summed E-state index contributed by atoms with van der Waals surface area (Å²) < 4.78 is 6.84. The molecule has 0 bridgehead atoms. The number of esters is 1. The first-order chi connectivity index (χ1) is 11.6. The Labute approximate surface area is 146 Å². The number of aromatic nitrogens is 2. The second-order valence-electron chi connectivity index (χ2n) is 6.12. The van der Waals surface area contributed by atoms with Gasteiger partial charge in [0.2, 0.25) is 0 Å². The van der Waals surface area contributed by atoms with E-state index in [0.29, 0.717) is 21.4 Å². The van der Waals surface area contributed by atoms with E-state index in [1.54, 1.807) is 11.6 Å². The highest BCUT2D eigenvalue weighted by Crippen LogP contribution is 2.32. The zero-order valence-corrected chi connectivity index (χ0v) is 14.8. The zero-order chi connectivity index (χ0) is 16.7. The maximum atomic E-state index is 12.3. The standard InChI is InChI=1S/C17H16N2O3S2/c1-10-2-3-13-11(6-10)7-14(24-13)16(21)22-9-12-8-15(20)19-4-5-23-17(19)18-12/h4-5,7-8,10H,2-3,6,9H2,1H3/t10-/m0/s1. The Morgan fingerprint density at radius 3 is 3.21 bits per heavy atom. The number of nitrogens with zero attached hydrogens (tertiary/aromatic N) is 2. The van der Waals surface area contributed by atoms with Crippen molar-refractivity contribution in [2.24, 2.45) is 5.92 Å². The van der Waals surface area contributed by atoms with Gasteiger partial charge in [-0.25, -0.2) is 9.78 Å². The molecule has 3 aromatic heterocycles. The highest BCUT2D eigenvalue weighted by atomic mass is 32.1. The molecule has 5 nitrogen and oxygen atoms in total. The number of rotatable bonds is 3. The predicted octanol–water partition coefficient (Wildman–Crippen LogP) is 3.30. The molecule has 0 saturated heterocycles. The molecule has 4 rings (SSSR count). The number of carbonyl (C=O) groups is 1. The minimum Gasteiger partial charge on any atom is -0.455 e. The number of thiazole rings is 1. The molecule has 124 valence electrons. The van der Waals surface area contributed by atoms with E-state index in [2.05, 4.69) is 11.9 Å². The van der Waals surface area contributed by atoms with Gasteiger partial charge in [-0.2, -0.15) is 0 Å². The van der Waals surface area contributed by atoms with Crippen LogP contribution in [0.25, 0.3) is 4.96 Å². The Bertz CT molecular complexity index is 970. The van der Waals surface area contributed by atoms with Crippen molar-refractivity contribution < 1.29 is 9.53 Å². The van der Waals surface area contributed by atoms with Gasteiger partial charge in [0.1, 0.15) is 11.5 Å². The number of carbonyl (C=O) groups excluding carboxylic acids is 1. The van der Waals surface area contributed by atoms with E-state index in [0.717, 1.165) is 12.8 Å². The van der Waals surface area contributed by atoms with E-state index in [1.807, 2.05) is 6.07 Å². The molecular weight excluding hydrogens is 344 g/mol. The number of hydrogen-bond donors (Lipinski definition) is 0. The van der Waals surface area contributed by atoms with Gasteiger partial charge in [-0.3, -0.25) is 9.20 Å². The minimum absolute atomic E-state index is 0.0153. The molecule has 3 aromatic rings. The Kier molecular flexibility index (Phi) is 3.97. The summed E-state index contributed by atoms with van der Waals surface area (Å²) in [6.45, 7) is 2.25. The summed E-state index contributed by atoms with van der Waals surface area (Å²) in [4.78, 5) is 31.1. The van der Waals surface area contributed by atoms with Crippen molar-refractivity contribution >= 4 is 33.6 Å². The van der Waals surface area contributed by atoms with Gasteiger partial charge >= 0.3 is 5.97 Å². The second kappa shape index (κ2) is 6.14. The average Bonchev–Trinajstić information content (AvgIpc) is 3.18. The van der Waals surface area contributed by atoms with Crippen LogP contribution < -0.4 is 5.56 Å². The van der Waals surface area contributed by atoms with Crippen molar-refractivity contribution in [1.29, 1.82) is 0 Å². The average molecular weight is 360 g/mol. The first-order valence-corrected chi connectivity index (χ1v) is 9.54. The molecule has 0 aliphatic heterocycles. The van der Waals surface area contributed by atoms with Crippen LogP contribution in [0.3, 0.4) is 0 Å². The van der Waals surface area contributed by atoms with E-state index in [4.69, 9.17) is 4.74 Å². The third-order valence-electron chi connectivity index (χ3n) is 4.24. The Balaban J connectivity index is 1.49. The molecule has 0 spiro atoms. The third kappa shape index (κ3) is 2.89. The fourth-order valence-corrected chi connectivity index (χ4v) is 4.82. The van der Waals surface area contributed by atoms with Gasteiger partial charge in [-0.1, -0.05) is 6.92 Å². The number of hydrogen-bond acceptors (Lipinski definition) is 6. The normalized spacial score (nSPS) is 17.0. The molecule has 3 heterocycles. The number of thiophene rings is 1. The van der Waals surface area contributed by atoms with Crippen molar-refractivity contribution in [3.05, 3.63) is 55.1 Å². The largest absolute Gasteiger partial charge is 0.455 e. The topological polar surface area (TPSA) is 60.7 Å². The summed E-state index contributed by atoms with van der Waals surface area (Å²) in [5.74, 6) is 0.334. The molecule has 0 fully saturated rings. The van der Waals surface area contributed by atoms with Crippen LogP contribution in [0.2, 0.25) is 0 Å². The summed E-state index contributed by atoms with van der Waals surface area (Å²) in [7, 11) is 0. The van der Waals surface area contributed by atoms with Gasteiger partial charge in [0.15, 0.2) is 4.96 Å². The SMILES string of the molecule is C[C@H]1CCc2sc(C(=O)OCc3cc(=O)n4ccsc4n3)cc2C1. The lowest BCUT2D eigenvalue weighted by atomic mass is 9.90. The van der Waals surface area contributed by atoms with Crippen LogP contribution in [-0.4, -0.2) is 15.4 Å². The Morgan fingerprint density at radius 2 is 2.33 bits per heavy atom. The van der Waals surface area contributed by atoms with Crippen LogP contribution in [0.15, 0.2) is 28.5 Å². The number of ether oxygens (including phenoxy) is 1. The van der Waals surface area contributed by atoms with Crippen LogP contribution in [0.4, 0.5) is 0 Å². The van der Waals surface area contributed by atoms with Gasteiger partial charge in [-0.15, -0.1) is 22.7 Å². The van der Waals surface area contributed by atoms with E-state index in [1.165, 1.54) is 50.0 Å². The molecule has 0 N–H and O–H groups in total. The molecule has 0 radical (unpaired) electrons. The fourth-order valence-electron chi connectivity index (χ4n) is 2.98. The van der Waals surface area contributed by atoms with Gasteiger partial charge < -0.3 is 4.74 Å². The predicted molar refractivity (Wildman–Crippen MR) is 94.0 cm³/mol. The Hall–Kier alpha value is -1.99. The molecule has 1 atom stereocenters. The van der Waals surface area contributed by atoms with Crippen molar-refractivity contribution in [2.45, 2.75) is 32.8 Å². The highest BCUT2D eigenvalue weighted by molar-refractivity contribution is 7.15. The summed E-state index contributed by atoms with van der Waals surface area (Å²) >= 11 is 2.91. The first kappa shape index (κ1) is 15.5. The van der Waals surface area contributed by atoms with E-state index in [9.17, 15) is 9.59 Å². The van der Waals surface area contributed by atoms with Crippen molar-refractivity contribution in [1.82, 2.24) is 9.38 Å². The van der Waals surface area contributed by atoms with E-state index in [-0.39, 0.29) is 18.1 Å². The van der Waals surface area contributed by atoms with Crippen LogP contribution in [0.1, 0.15) is 39.2 Å². The lowest BCUT2D eigenvalue weighted by Crippen LogP contribution is -2.14. The maximum absolute atomic E-state index is 12.3. The quantitative estimate of drug-likeness (QED) is 0.673. The fraction of sp³-hybridized carbons (Fsp3) is 0.353. The van der Waals surface area contributed by atoms with Crippen LogP contribution in [0.5, 0.6) is 0 Å². The van der Waals surface area contributed by atoms with Crippen LogP contribution in [0, 0.1) is 5.92 Å². The van der Waals surface area contributed by atoms with Crippen molar-refractivity contribution in [3.63, 3.8) is 0 Å². The zero-order valence-electron chi connectivity index (χ0n) is 13.2. The molecule has 0 saturated carbocycles. The highest BCUT2D eigenvalue weighted by Gasteiger charge is 2.21. The summed E-state index contributed by atoms with van der Waals surface area (Å²) in [5, 5.41) is 1.80. The second-order valence-corrected chi connectivity index (χ2v) is 8.13. The third-order valence-corrected chi connectivity index (χ3v) is 6.21. The molecule has 7 heteroatoms.